The van der Waals surface area contributed by atoms with Gasteiger partial charge in [0.2, 0.25) is 5.89 Å². The number of para-hydroxylation sites is 1. The Morgan fingerprint density at radius 3 is 2.42 bits per heavy atom. The molecular weight excluding hydrogens is 352 g/mol. The fourth-order valence-electron chi connectivity index (χ4n) is 2.50. The number of fused-ring (bicyclic) bond motifs is 1. The largest absolute Gasteiger partial charge is 0.436 e. The fourth-order valence-corrected chi connectivity index (χ4v) is 3.57. The Hall–Kier alpha value is -3.39. The van der Waals surface area contributed by atoms with Crippen molar-refractivity contribution in [3.8, 4) is 11.5 Å². The van der Waals surface area contributed by atoms with Crippen LogP contribution in [-0.4, -0.2) is 18.4 Å². The van der Waals surface area contributed by atoms with E-state index in [9.17, 15) is 8.42 Å². The van der Waals surface area contributed by atoms with Crippen LogP contribution in [0.4, 0.5) is 11.4 Å². The van der Waals surface area contributed by atoms with E-state index in [4.69, 9.17) is 10.2 Å². The smallest absolute Gasteiger partial charge is 0.261 e. The van der Waals surface area contributed by atoms with Crippen molar-refractivity contribution >= 4 is 32.5 Å². The first kappa shape index (κ1) is 16.1. The molecule has 0 spiro atoms. The van der Waals surface area contributed by atoms with E-state index in [0.29, 0.717) is 28.4 Å². The van der Waals surface area contributed by atoms with Crippen molar-refractivity contribution in [3.05, 3.63) is 67.0 Å². The second-order valence-electron chi connectivity index (χ2n) is 5.58. The van der Waals surface area contributed by atoms with E-state index in [1.165, 1.54) is 24.3 Å². The van der Waals surface area contributed by atoms with Crippen molar-refractivity contribution in [2.24, 2.45) is 0 Å². The van der Waals surface area contributed by atoms with Gasteiger partial charge >= 0.3 is 0 Å². The molecule has 8 heteroatoms. The fraction of sp³-hybridized carbons (Fsp3) is 0. The molecule has 0 aliphatic heterocycles. The van der Waals surface area contributed by atoms with Crippen LogP contribution in [0, 0.1) is 0 Å². The molecule has 2 aromatic carbocycles. The highest BCUT2D eigenvalue weighted by Crippen LogP contribution is 2.29. The molecule has 4 aromatic rings. The average Bonchev–Trinajstić information content (AvgIpc) is 3.08. The standard InChI is InChI=1S/C18H14N4O3S/c19-13-4-6-14(7-5-13)26(23,24)22-15-2-1-3-16-17(15)21-18(25-16)12-8-10-20-11-9-12/h1-11,22H,19H2. The average molecular weight is 366 g/mol. The lowest BCUT2D eigenvalue weighted by Gasteiger charge is -2.08. The minimum Gasteiger partial charge on any atom is -0.436 e. The monoisotopic (exact) mass is 366 g/mol. The summed E-state index contributed by atoms with van der Waals surface area (Å²) in [7, 11) is -3.77. The maximum Gasteiger partial charge on any atom is 0.261 e. The number of pyridine rings is 1. The van der Waals surface area contributed by atoms with Gasteiger partial charge in [-0.3, -0.25) is 9.71 Å². The zero-order valence-corrected chi connectivity index (χ0v) is 14.3. The highest BCUT2D eigenvalue weighted by Gasteiger charge is 2.18. The number of hydrogen-bond acceptors (Lipinski definition) is 6. The van der Waals surface area contributed by atoms with Gasteiger partial charge in [0.25, 0.3) is 10.0 Å². The molecule has 0 saturated carbocycles. The molecule has 3 N–H and O–H groups in total. The predicted octanol–water partition coefficient (Wildman–Crippen LogP) is 3.27. The van der Waals surface area contributed by atoms with E-state index in [1.54, 1.807) is 42.7 Å². The summed E-state index contributed by atoms with van der Waals surface area (Å²) in [6.45, 7) is 0. The first-order valence-corrected chi connectivity index (χ1v) is 9.19. The normalized spacial score (nSPS) is 11.5. The minimum absolute atomic E-state index is 0.113. The Labute approximate surface area is 149 Å². The van der Waals surface area contributed by atoms with E-state index < -0.39 is 10.0 Å². The van der Waals surface area contributed by atoms with Crippen LogP contribution in [0.15, 0.2) is 76.3 Å². The number of benzene rings is 2. The van der Waals surface area contributed by atoms with Crippen LogP contribution in [0.1, 0.15) is 0 Å². The van der Waals surface area contributed by atoms with Crippen molar-refractivity contribution < 1.29 is 12.8 Å². The molecule has 0 bridgehead atoms. The Kier molecular flexibility index (Phi) is 3.81. The van der Waals surface area contributed by atoms with Gasteiger partial charge in [-0.05, 0) is 48.5 Å². The van der Waals surface area contributed by atoms with Gasteiger partial charge in [-0.1, -0.05) is 6.07 Å². The summed E-state index contributed by atoms with van der Waals surface area (Å²) in [5.74, 6) is 0.390. The first-order chi connectivity index (χ1) is 12.5. The van der Waals surface area contributed by atoms with E-state index >= 15 is 0 Å². The highest BCUT2D eigenvalue weighted by atomic mass is 32.2. The molecule has 26 heavy (non-hydrogen) atoms. The summed E-state index contributed by atoms with van der Waals surface area (Å²) in [4.78, 5) is 8.51. The van der Waals surface area contributed by atoms with Gasteiger partial charge in [-0.2, -0.15) is 0 Å². The van der Waals surface area contributed by atoms with Crippen molar-refractivity contribution in [2.75, 3.05) is 10.5 Å². The van der Waals surface area contributed by atoms with Crippen LogP contribution in [0.5, 0.6) is 0 Å². The Morgan fingerprint density at radius 1 is 0.962 bits per heavy atom. The third kappa shape index (κ3) is 2.98. The van der Waals surface area contributed by atoms with E-state index in [0.717, 1.165) is 5.56 Å². The van der Waals surface area contributed by atoms with Crippen LogP contribution in [0.25, 0.3) is 22.6 Å². The Bertz CT molecular complexity index is 1170. The maximum absolute atomic E-state index is 12.6. The third-order valence-electron chi connectivity index (χ3n) is 3.78. The number of oxazole rings is 1. The highest BCUT2D eigenvalue weighted by molar-refractivity contribution is 7.92. The third-order valence-corrected chi connectivity index (χ3v) is 5.16. The molecule has 0 unspecified atom stereocenters. The number of anilines is 2. The van der Waals surface area contributed by atoms with E-state index in [-0.39, 0.29) is 4.90 Å². The number of nitrogen functional groups attached to an aromatic ring is 1. The molecule has 0 aliphatic rings. The zero-order chi connectivity index (χ0) is 18.1. The molecule has 0 radical (unpaired) electrons. The van der Waals surface area contributed by atoms with Crippen LogP contribution in [-0.2, 0) is 10.0 Å². The lowest BCUT2D eigenvalue weighted by molar-refractivity contribution is 0.601. The molecule has 2 aromatic heterocycles. The van der Waals surface area contributed by atoms with Crippen molar-refractivity contribution in [1.82, 2.24) is 9.97 Å². The van der Waals surface area contributed by atoms with Gasteiger partial charge in [0.15, 0.2) is 5.58 Å². The number of nitrogens with two attached hydrogens (primary N) is 1. The molecule has 0 saturated heterocycles. The van der Waals surface area contributed by atoms with Crippen molar-refractivity contribution in [2.45, 2.75) is 4.90 Å². The number of nitrogens with one attached hydrogen (secondary N) is 1. The second-order valence-corrected chi connectivity index (χ2v) is 7.26. The number of hydrogen-bond donors (Lipinski definition) is 2. The Morgan fingerprint density at radius 2 is 1.69 bits per heavy atom. The van der Waals surface area contributed by atoms with Gasteiger partial charge < -0.3 is 10.2 Å². The predicted molar refractivity (Wildman–Crippen MR) is 98.9 cm³/mol. The molecular formula is C18H14N4O3S. The van der Waals surface area contributed by atoms with Gasteiger partial charge in [-0.15, -0.1) is 0 Å². The summed E-state index contributed by atoms with van der Waals surface area (Å²) < 4.78 is 33.5. The van der Waals surface area contributed by atoms with Crippen LogP contribution < -0.4 is 10.5 Å². The van der Waals surface area contributed by atoms with E-state index in [2.05, 4.69) is 14.7 Å². The first-order valence-electron chi connectivity index (χ1n) is 7.71. The summed E-state index contributed by atoms with van der Waals surface area (Å²) in [6, 6.07) is 14.6. The van der Waals surface area contributed by atoms with Crippen LogP contribution in [0.3, 0.4) is 0 Å². The summed E-state index contributed by atoms with van der Waals surface area (Å²) in [5.41, 5.74) is 8.10. The van der Waals surface area contributed by atoms with Crippen LogP contribution >= 0.6 is 0 Å². The second kappa shape index (κ2) is 6.16. The minimum atomic E-state index is -3.77. The quantitative estimate of drug-likeness (QED) is 0.536. The van der Waals surface area contributed by atoms with Gasteiger partial charge in [-0.25, -0.2) is 13.4 Å². The SMILES string of the molecule is Nc1ccc(S(=O)(=O)Nc2cccc3oc(-c4ccncc4)nc23)cc1. The van der Waals surface area contributed by atoms with Crippen molar-refractivity contribution in [1.29, 1.82) is 0 Å². The summed E-state index contributed by atoms with van der Waals surface area (Å²) in [6.07, 6.45) is 3.27. The maximum atomic E-state index is 12.6. The molecule has 7 nitrogen and oxygen atoms in total. The summed E-state index contributed by atoms with van der Waals surface area (Å²) in [5, 5.41) is 0. The molecule has 0 atom stereocenters. The molecule has 2 heterocycles. The van der Waals surface area contributed by atoms with Crippen molar-refractivity contribution in [3.63, 3.8) is 0 Å². The topological polar surface area (TPSA) is 111 Å². The molecule has 4 rings (SSSR count). The lowest BCUT2D eigenvalue weighted by atomic mass is 10.3. The molecule has 0 fully saturated rings. The number of sulfonamides is 1. The van der Waals surface area contributed by atoms with Gasteiger partial charge in [0, 0.05) is 23.6 Å². The van der Waals surface area contributed by atoms with E-state index in [1.807, 2.05) is 0 Å². The number of nitrogens with zero attached hydrogens (tertiary/aromatic N) is 2. The van der Waals surface area contributed by atoms with Gasteiger partial charge in [0.1, 0.15) is 5.52 Å². The Balaban J connectivity index is 1.75. The molecule has 0 amide bonds. The lowest BCUT2D eigenvalue weighted by Crippen LogP contribution is -2.13. The van der Waals surface area contributed by atoms with Crippen LogP contribution in [0.2, 0.25) is 0 Å². The van der Waals surface area contributed by atoms with Gasteiger partial charge in [0.05, 0.1) is 10.6 Å². The number of rotatable bonds is 4. The molecule has 130 valence electrons. The zero-order valence-electron chi connectivity index (χ0n) is 13.5. The molecule has 0 aliphatic carbocycles. The summed E-state index contributed by atoms with van der Waals surface area (Å²) >= 11 is 0. The number of aromatic nitrogens is 2.